The molecule has 1 N–H and O–H groups in total. The Hall–Kier alpha value is -0.120. The van der Waals surface area contributed by atoms with Crippen molar-refractivity contribution in [3.05, 3.63) is 0 Å². The van der Waals surface area contributed by atoms with Crippen LogP contribution in [-0.2, 0) is 4.74 Å². The predicted molar refractivity (Wildman–Crippen MR) is 73.4 cm³/mol. The lowest BCUT2D eigenvalue weighted by atomic mass is 9.91. The van der Waals surface area contributed by atoms with Crippen LogP contribution in [0.2, 0.25) is 0 Å². The molecule has 1 aliphatic rings. The molecule has 1 fully saturated rings. The van der Waals surface area contributed by atoms with E-state index in [1.807, 2.05) is 0 Å². The summed E-state index contributed by atoms with van der Waals surface area (Å²) in [7, 11) is 0. The third-order valence-electron chi connectivity index (χ3n) is 3.06. The molecule has 0 radical (unpaired) electrons. The molecule has 1 aliphatic heterocycles. The maximum Gasteiger partial charge on any atom is 0.0593 e. The largest absolute Gasteiger partial charge is 0.380 e. The summed E-state index contributed by atoms with van der Waals surface area (Å²) in [6.07, 6.45) is 1.17. The number of ether oxygens (including phenoxy) is 1. The molecule has 17 heavy (non-hydrogen) atoms. The van der Waals surface area contributed by atoms with E-state index in [0.29, 0.717) is 5.41 Å². The first-order valence-electron chi connectivity index (χ1n) is 6.84. The summed E-state index contributed by atoms with van der Waals surface area (Å²) in [5, 5.41) is 3.61. The van der Waals surface area contributed by atoms with Crippen LogP contribution >= 0.6 is 0 Å². The van der Waals surface area contributed by atoms with Crippen LogP contribution in [0, 0.1) is 5.41 Å². The zero-order valence-corrected chi connectivity index (χ0v) is 12.3. The lowest BCUT2D eigenvalue weighted by molar-refractivity contribution is 0.128. The van der Waals surface area contributed by atoms with Gasteiger partial charge in [-0.25, -0.2) is 0 Å². The number of hydrogen-bond donors (Lipinski definition) is 1. The fourth-order valence-electron chi connectivity index (χ4n) is 2.12. The first-order valence-corrected chi connectivity index (χ1v) is 6.84. The zero-order chi connectivity index (χ0) is 12.9. The van der Waals surface area contributed by atoms with Gasteiger partial charge in [-0.15, -0.1) is 0 Å². The average Bonchev–Trinajstić information content (AvgIpc) is 2.42. The van der Waals surface area contributed by atoms with E-state index in [9.17, 15) is 0 Å². The molecule has 0 saturated carbocycles. The summed E-state index contributed by atoms with van der Waals surface area (Å²) in [4.78, 5) is 2.54. The molecule has 102 valence electrons. The van der Waals surface area contributed by atoms with Crippen LogP contribution in [0.3, 0.4) is 0 Å². The monoisotopic (exact) mass is 242 g/mol. The first kappa shape index (κ1) is 14.9. The quantitative estimate of drug-likeness (QED) is 0.817. The normalized spacial score (nSPS) is 20.3. The van der Waals surface area contributed by atoms with Crippen molar-refractivity contribution in [1.29, 1.82) is 0 Å². The van der Waals surface area contributed by atoms with Gasteiger partial charge in [0.2, 0.25) is 0 Å². The standard InChI is InChI=1S/C14H30N2O/c1-13(2,3)15-11-14(4,5)12-16-7-6-9-17-10-8-16/h15H,6-12H2,1-5H3. The van der Waals surface area contributed by atoms with Crippen molar-refractivity contribution < 1.29 is 4.74 Å². The third kappa shape index (κ3) is 7.02. The first-order chi connectivity index (χ1) is 7.79. The van der Waals surface area contributed by atoms with Gasteiger partial charge in [-0.3, -0.25) is 0 Å². The molecule has 0 atom stereocenters. The van der Waals surface area contributed by atoms with E-state index in [4.69, 9.17) is 4.74 Å². The molecule has 1 heterocycles. The molecule has 1 rings (SSSR count). The van der Waals surface area contributed by atoms with Crippen molar-refractivity contribution in [2.75, 3.05) is 39.4 Å². The molecule has 0 bridgehead atoms. The van der Waals surface area contributed by atoms with Crippen molar-refractivity contribution >= 4 is 0 Å². The van der Waals surface area contributed by atoms with E-state index >= 15 is 0 Å². The Kier molecular flexibility index (Phi) is 5.42. The minimum atomic E-state index is 0.208. The maximum absolute atomic E-state index is 5.50. The molecule has 0 aliphatic carbocycles. The Morgan fingerprint density at radius 1 is 1.06 bits per heavy atom. The van der Waals surface area contributed by atoms with Gasteiger partial charge in [0, 0.05) is 38.3 Å². The number of nitrogens with zero attached hydrogens (tertiary/aromatic N) is 1. The summed E-state index contributed by atoms with van der Waals surface area (Å²) < 4.78 is 5.50. The van der Waals surface area contributed by atoms with E-state index in [2.05, 4.69) is 44.8 Å². The van der Waals surface area contributed by atoms with Gasteiger partial charge in [0.15, 0.2) is 0 Å². The lowest BCUT2D eigenvalue weighted by Gasteiger charge is -2.34. The molecular formula is C14H30N2O. The Labute approximate surface area is 107 Å². The highest BCUT2D eigenvalue weighted by Gasteiger charge is 2.24. The highest BCUT2D eigenvalue weighted by molar-refractivity contribution is 4.81. The Morgan fingerprint density at radius 2 is 1.76 bits per heavy atom. The van der Waals surface area contributed by atoms with Crippen LogP contribution in [0.1, 0.15) is 41.0 Å². The van der Waals surface area contributed by atoms with Gasteiger partial charge in [0.25, 0.3) is 0 Å². The highest BCUT2D eigenvalue weighted by atomic mass is 16.5. The second-order valence-corrected chi connectivity index (χ2v) is 7.01. The Morgan fingerprint density at radius 3 is 2.41 bits per heavy atom. The number of rotatable bonds is 4. The number of hydrogen-bond acceptors (Lipinski definition) is 3. The van der Waals surface area contributed by atoms with Gasteiger partial charge >= 0.3 is 0 Å². The zero-order valence-electron chi connectivity index (χ0n) is 12.3. The smallest absolute Gasteiger partial charge is 0.0593 e. The molecule has 3 heteroatoms. The average molecular weight is 242 g/mol. The van der Waals surface area contributed by atoms with Crippen LogP contribution in [0.5, 0.6) is 0 Å². The van der Waals surface area contributed by atoms with E-state index in [1.54, 1.807) is 0 Å². The number of nitrogens with one attached hydrogen (secondary N) is 1. The molecule has 0 unspecified atom stereocenters. The van der Waals surface area contributed by atoms with Crippen LogP contribution in [0.25, 0.3) is 0 Å². The van der Waals surface area contributed by atoms with E-state index < -0.39 is 0 Å². The SMILES string of the molecule is CC(C)(CNC(C)(C)C)CN1CCCOCC1. The lowest BCUT2D eigenvalue weighted by Crippen LogP contribution is -2.46. The van der Waals surface area contributed by atoms with Crippen molar-refractivity contribution in [3.8, 4) is 0 Å². The summed E-state index contributed by atoms with van der Waals surface area (Å²) in [6, 6.07) is 0. The molecule has 0 aromatic carbocycles. The Balaban J connectivity index is 2.36. The van der Waals surface area contributed by atoms with Gasteiger partial charge in [-0.1, -0.05) is 13.8 Å². The molecular weight excluding hydrogens is 212 g/mol. The molecule has 1 saturated heterocycles. The van der Waals surface area contributed by atoms with Crippen molar-refractivity contribution in [1.82, 2.24) is 10.2 Å². The molecule has 0 amide bonds. The fourth-order valence-corrected chi connectivity index (χ4v) is 2.12. The van der Waals surface area contributed by atoms with E-state index in [-0.39, 0.29) is 5.54 Å². The second-order valence-electron chi connectivity index (χ2n) is 7.01. The van der Waals surface area contributed by atoms with Crippen LogP contribution in [0.15, 0.2) is 0 Å². The van der Waals surface area contributed by atoms with E-state index in [1.165, 1.54) is 13.0 Å². The predicted octanol–water partition coefficient (Wildman–Crippen LogP) is 2.12. The third-order valence-corrected chi connectivity index (χ3v) is 3.06. The highest BCUT2D eigenvalue weighted by Crippen LogP contribution is 2.18. The molecule has 0 aromatic rings. The topological polar surface area (TPSA) is 24.5 Å². The summed E-state index contributed by atoms with van der Waals surface area (Å²) in [5.74, 6) is 0. The second kappa shape index (κ2) is 6.17. The molecule has 3 nitrogen and oxygen atoms in total. The van der Waals surface area contributed by atoms with Crippen LogP contribution in [-0.4, -0.2) is 49.8 Å². The van der Waals surface area contributed by atoms with Gasteiger partial charge in [0.05, 0.1) is 6.61 Å². The summed E-state index contributed by atoms with van der Waals surface area (Å²) >= 11 is 0. The van der Waals surface area contributed by atoms with E-state index in [0.717, 1.165) is 32.8 Å². The van der Waals surface area contributed by atoms with Gasteiger partial charge in [0.1, 0.15) is 0 Å². The van der Waals surface area contributed by atoms with Crippen molar-refractivity contribution in [2.24, 2.45) is 5.41 Å². The summed E-state index contributed by atoms with van der Waals surface area (Å²) in [5.41, 5.74) is 0.525. The van der Waals surface area contributed by atoms with Crippen LogP contribution < -0.4 is 5.32 Å². The summed E-state index contributed by atoms with van der Waals surface area (Å²) in [6.45, 7) is 17.7. The van der Waals surface area contributed by atoms with Gasteiger partial charge < -0.3 is 15.0 Å². The molecule has 0 aromatic heterocycles. The maximum atomic E-state index is 5.50. The Bertz CT molecular complexity index is 213. The minimum Gasteiger partial charge on any atom is -0.380 e. The fraction of sp³-hybridized carbons (Fsp3) is 1.00. The van der Waals surface area contributed by atoms with Crippen molar-refractivity contribution in [2.45, 2.75) is 46.6 Å². The van der Waals surface area contributed by atoms with Gasteiger partial charge in [-0.2, -0.15) is 0 Å². The van der Waals surface area contributed by atoms with Gasteiger partial charge in [-0.05, 0) is 32.6 Å². The van der Waals surface area contributed by atoms with Crippen molar-refractivity contribution in [3.63, 3.8) is 0 Å². The minimum absolute atomic E-state index is 0.208. The molecule has 0 spiro atoms. The van der Waals surface area contributed by atoms with Crippen LogP contribution in [0.4, 0.5) is 0 Å².